The quantitative estimate of drug-likeness (QED) is 0.646. The number of carbonyl (C=O) groups excluding carboxylic acids is 1. The highest BCUT2D eigenvalue weighted by Crippen LogP contribution is 2.28. The van der Waals surface area contributed by atoms with Crippen molar-refractivity contribution in [2.24, 2.45) is 0 Å². The molecule has 5 heteroatoms. The van der Waals surface area contributed by atoms with Crippen LogP contribution in [0.3, 0.4) is 0 Å². The van der Waals surface area contributed by atoms with E-state index in [9.17, 15) is 4.79 Å². The highest BCUT2D eigenvalue weighted by Gasteiger charge is 2.08. The third kappa shape index (κ3) is 6.31. The first kappa shape index (κ1) is 17.0. The zero-order valence-corrected chi connectivity index (χ0v) is 12.8. The molecule has 0 bridgehead atoms. The van der Waals surface area contributed by atoms with Crippen molar-refractivity contribution in [1.82, 2.24) is 10.6 Å². The minimum Gasteiger partial charge on any atom is -0.490 e. The van der Waals surface area contributed by atoms with Crippen molar-refractivity contribution in [3.05, 3.63) is 36.4 Å². The zero-order valence-electron chi connectivity index (χ0n) is 12.8. The second kappa shape index (κ2) is 9.83. The summed E-state index contributed by atoms with van der Waals surface area (Å²) in [4.78, 5) is 11.5. The van der Waals surface area contributed by atoms with Gasteiger partial charge < -0.3 is 20.1 Å². The van der Waals surface area contributed by atoms with Gasteiger partial charge in [-0.15, -0.1) is 6.58 Å². The van der Waals surface area contributed by atoms with Crippen LogP contribution in [-0.2, 0) is 11.3 Å². The molecule has 0 fully saturated rings. The fourth-order valence-corrected chi connectivity index (χ4v) is 1.70. The van der Waals surface area contributed by atoms with Crippen LogP contribution in [-0.4, -0.2) is 32.2 Å². The van der Waals surface area contributed by atoms with Crippen LogP contribution in [0.2, 0.25) is 0 Å². The summed E-state index contributed by atoms with van der Waals surface area (Å²) in [5, 5.41) is 5.92. The lowest BCUT2D eigenvalue weighted by Gasteiger charge is -2.13. The van der Waals surface area contributed by atoms with Crippen molar-refractivity contribution < 1.29 is 14.3 Å². The lowest BCUT2D eigenvalue weighted by molar-refractivity contribution is -0.122. The van der Waals surface area contributed by atoms with Gasteiger partial charge in [0, 0.05) is 13.1 Å². The molecule has 5 nitrogen and oxygen atoms in total. The molecule has 0 aliphatic rings. The maximum atomic E-state index is 11.5. The Kier molecular flexibility index (Phi) is 7.97. The van der Waals surface area contributed by atoms with Gasteiger partial charge in [-0.1, -0.05) is 19.1 Å². The van der Waals surface area contributed by atoms with Crippen LogP contribution in [0.25, 0.3) is 0 Å². The van der Waals surface area contributed by atoms with Crippen molar-refractivity contribution in [3.63, 3.8) is 0 Å². The molecule has 0 atom stereocenters. The molecule has 0 radical (unpaired) electrons. The van der Waals surface area contributed by atoms with Gasteiger partial charge in [0.25, 0.3) is 5.91 Å². The first-order valence-electron chi connectivity index (χ1n) is 7.18. The maximum absolute atomic E-state index is 11.5. The van der Waals surface area contributed by atoms with E-state index in [0.717, 1.165) is 18.7 Å². The topological polar surface area (TPSA) is 59.6 Å². The Bertz CT molecular complexity index is 461. The van der Waals surface area contributed by atoms with Gasteiger partial charge in [-0.2, -0.15) is 0 Å². The van der Waals surface area contributed by atoms with Crippen molar-refractivity contribution >= 4 is 5.91 Å². The molecule has 0 saturated heterocycles. The number of amides is 1. The molecular weight excluding hydrogens is 268 g/mol. The van der Waals surface area contributed by atoms with E-state index in [0.29, 0.717) is 24.7 Å². The summed E-state index contributed by atoms with van der Waals surface area (Å²) in [6.07, 6.45) is 1.62. The zero-order chi connectivity index (χ0) is 15.5. The second-order valence-electron chi connectivity index (χ2n) is 4.38. The van der Waals surface area contributed by atoms with Crippen LogP contribution in [0.1, 0.15) is 19.4 Å². The molecule has 0 aliphatic carbocycles. The molecule has 1 aromatic carbocycles. The van der Waals surface area contributed by atoms with Gasteiger partial charge in [0.05, 0.1) is 6.61 Å². The summed E-state index contributed by atoms with van der Waals surface area (Å²) in [5.74, 6) is 1.05. The first-order valence-corrected chi connectivity index (χ1v) is 7.18. The van der Waals surface area contributed by atoms with Gasteiger partial charge >= 0.3 is 0 Å². The predicted octanol–water partition coefficient (Wildman–Crippen LogP) is 1.88. The molecule has 0 saturated carbocycles. The first-order chi connectivity index (χ1) is 10.2. The monoisotopic (exact) mass is 292 g/mol. The molecule has 0 spiro atoms. The van der Waals surface area contributed by atoms with Gasteiger partial charge in [-0.25, -0.2) is 0 Å². The Morgan fingerprint density at radius 1 is 1.29 bits per heavy atom. The average Bonchev–Trinajstić information content (AvgIpc) is 2.50. The number of carbonyl (C=O) groups is 1. The Morgan fingerprint density at radius 3 is 2.76 bits per heavy atom. The van der Waals surface area contributed by atoms with Gasteiger partial charge in [0.15, 0.2) is 18.1 Å². The summed E-state index contributed by atoms with van der Waals surface area (Å²) in [5.41, 5.74) is 1.11. The Morgan fingerprint density at radius 2 is 2.10 bits per heavy atom. The molecule has 2 N–H and O–H groups in total. The molecule has 0 aliphatic heterocycles. The molecule has 0 aromatic heterocycles. The molecule has 0 unspecified atom stereocenters. The van der Waals surface area contributed by atoms with E-state index in [1.54, 1.807) is 6.08 Å². The van der Waals surface area contributed by atoms with Crippen molar-refractivity contribution in [2.45, 2.75) is 20.4 Å². The van der Waals surface area contributed by atoms with Crippen molar-refractivity contribution in [1.29, 1.82) is 0 Å². The molecule has 1 amide bonds. The Labute approximate surface area is 126 Å². The molecule has 0 heterocycles. The van der Waals surface area contributed by atoms with Crippen LogP contribution in [0.15, 0.2) is 30.9 Å². The lowest BCUT2D eigenvalue weighted by Crippen LogP contribution is -2.28. The SMILES string of the molecule is C=CCNC(=O)COc1ccc(CNCC)cc1OCC. The summed E-state index contributed by atoms with van der Waals surface area (Å²) in [6, 6.07) is 5.73. The van der Waals surface area contributed by atoms with E-state index in [-0.39, 0.29) is 12.5 Å². The van der Waals surface area contributed by atoms with Crippen LogP contribution in [0.4, 0.5) is 0 Å². The number of ether oxygens (including phenoxy) is 2. The number of benzene rings is 1. The largest absolute Gasteiger partial charge is 0.490 e. The van der Waals surface area contributed by atoms with E-state index in [4.69, 9.17) is 9.47 Å². The third-order valence-corrected chi connectivity index (χ3v) is 2.69. The smallest absolute Gasteiger partial charge is 0.258 e. The van der Waals surface area contributed by atoms with Gasteiger partial charge in [-0.3, -0.25) is 4.79 Å². The fourth-order valence-electron chi connectivity index (χ4n) is 1.70. The Hall–Kier alpha value is -2.01. The number of rotatable bonds is 10. The number of hydrogen-bond acceptors (Lipinski definition) is 4. The molecule has 116 valence electrons. The Balaban J connectivity index is 2.66. The summed E-state index contributed by atoms with van der Waals surface area (Å²) in [6.45, 7) is 10.1. The van der Waals surface area contributed by atoms with Crippen LogP contribution < -0.4 is 20.1 Å². The fraction of sp³-hybridized carbons (Fsp3) is 0.438. The maximum Gasteiger partial charge on any atom is 0.258 e. The molecule has 21 heavy (non-hydrogen) atoms. The summed E-state index contributed by atoms with van der Waals surface area (Å²) >= 11 is 0. The molecular formula is C16H24N2O3. The average molecular weight is 292 g/mol. The summed E-state index contributed by atoms with van der Waals surface area (Å²) in [7, 11) is 0. The number of hydrogen-bond donors (Lipinski definition) is 2. The van der Waals surface area contributed by atoms with E-state index < -0.39 is 0 Å². The predicted molar refractivity (Wildman–Crippen MR) is 83.7 cm³/mol. The van der Waals surface area contributed by atoms with E-state index in [1.165, 1.54) is 0 Å². The van der Waals surface area contributed by atoms with Gasteiger partial charge in [-0.05, 0) is 31.2 Å². The van der Waals surface area contributed by atoms with E-state index in [2.05, 4.69) is 24.1 Å². The lowest BCUT2D eigenvalue weighted by atomic mass is 10.2. The van der Waals surface area contributed by atoms with Crippen molar-refractivity contribution in [3.8, 4) is 11.5 Å². The normalized spacial score (nSPS) is 10.0. The van der Waals surface area contributed by atoms with Crippen LogP contribution in [0.5, 0.6) is 11.5 Å². The highest BCUT2D eigenvalue weighted by atomic mass is 16.5. The standard InChI is InChI=1S/C16H24N2O3/c1-4-9-18-16(19)12-21-14-8-7-13(11-17-5-2)10-15(14)20-6-3/h4,7-8,10,17H,1,5-6,9,11-12H2,2-3H3,(H,18,19). The van der Waals surface area contributed by atoms with E-state index >= 15 is 0 Å². The summed E-state index contributed by atoms with van der Waals surface area (Å²) < 4.78 is 11.1. The highest BCUT2D eigenvalue weighted by molar-refractivity contribution is 5.77. The minimum absolute atomic E-state index is 0.0412. The van der Waals surface area contributed by atoms with Gasteiger partial charge in [0.1, 0.15) is 0 Å². The van der Waals surface area contributed by atoms with Gasteiger partial charge in [0.2, 0.25) is 0 Å². The molecule has 1 aromatic rings. The van der Waals surface area contributed by atoms with Crippen molar-refractivity contribution in [2.75, 3.05) is 26.3 Å². The third-order valence-electron chi connectivity index (χ3n) is 2.69. The minimum atomic E-state index is -0.186. The van der Waals surface area contributed by atoms with Crippen LogP contribution in [0, 0.1) is 0 Å². The molecule has 1 rings (SSSR count). The van der Waals surface area contributed by atoms with Crippen LogP contribution >= 0.6 is 0 Å². The second-order valence-corrected chi connectivity index (χ2v) is 4.38. The van der Waals surface area contributed by atoms with E-state index in [1.807, 2.05) is 25.1 Å². The number of nitrogens with one attached hydrogen (secondary N) is 2.